The molecule has 8 heteroatoms. The van der Waals surface area contributed by atoms with E-state index in [1.807, 2.05) is 0 Å². The summed E-state index contributed by atoms with van der Waals surface area (Å²) in [6, 6.07) is 0. The van der Waals surface area contributed by atoms with Crippen LogP contribution in [0, 0.1) is 0 Å². The normalized spacial score (nSPS) is 12.9. The minimum atomic E-state index is -2.23. The predicted molar refractivity (Wildman–Crippen MR) is 57.2 cm³/mol. The van der Waals surface area contributed by atoms with Gasteiger partial charge in [-0.05, 0) is 0 Å². The van der Waals surface area contributed by atoms with Crippen LogP contribution in [0.2, 0.25) is 0 Å². The quantitative estimate of drug-likeness (QED) is 0.455. The molecule has 0 radical (unpaired) electrons. The number of halogens is 4. The minimum Gasteiger partial charge on any atom is -0.467 e. The van der Waals surface area contributed by atoms with E-state index in [1.165, 1.54) is 0 Å². The Kier molecular flexibility index (Phi) is 5.73. The zero-order valence-corrected chi connectivity index (χ0v) is 10.7. The van der Waals surface area contributed by atoms with E-state index >= 15 is 0 Å². The van der Waals surface area contributed by atoms with Gasteiger partial charge in [-0.15, -0.1) is 0 Å². The maximum absolute atomic E-state index is 11.1. The van der Waals surface area contributed by atoms with Gasteiger partial charge in [0.25, 0.3) is 4.33 Å². The van der Waals surface area contributed by atoms with Crippen molar-refractivity contribution >= 4 is 58.3 Å². The van der Waals surface area contributed by atoms with E-state index in [4.69, 9.17) is 46.4 Å². The van der Waals surface area contributed by atoms with Crippen LogP contribution < -0.4 is 0 Å². The first kappa shape index (κ1) is 14.8. The van der Waals surface area contributed by atoms with Gasteiger partial charge in [0.2, 0.25) is 0 Å². The van der Waals surface area contributed by atoms with E-state index in [-0.39, 0.29) is 0 Å². The van der Waals surface area contributed by atoms with Crippen LogP contribution in [0.3, 0.4) is 0 Å². The third-order valence-corrected chi connectivity index (χ3v) is 3.07. The van der Waals surface area contributed by atoms with Crippen molar-refractivity contribution in [3.8, 4) is 0 Å². The summed E-state index contributed by atoms with van der Waals surface area (Å²) in [5.41, 5.74) is 0. The first-order chi connectivity index (χ1) is 6.78. The second kappa shape index (κ2) is 5.80. The Hall–Kier alpha value is -0.160. The Labute approximate surface area is 106 Å². The lowest BCUT2D eigenvalue weighted by molar-refractivity contribution is -0.140. The molecule has 0 aromatic heterocycles. The Bertz CT molecular complexity index is 310. The molecule has 15 heavy (non-hydrogen) atoms. The van der Waals surface area contributed by atoms with Crippen molar-refractivity contribution in [3.05, 3.63) is 10.1 Å². The van der Waals surface area contributed by atoms with Gasteiger partial charge in [0, 0.05) is 0 Å². The Morgan fingerprint density at radius 1 is 1.07 bits per heavy atom. The fraction of sp³-hybridized carbons (Fsp3) is 0.429. The Balaban J connectivity index is 5.21. The monoisotopic (exact) mass is 294 g/mol. The summed E-state index contributed by atoms with van der Waals surface area (Å²) in [5, 5.41) is -1.17. The molecule has 0 unspecified atom stereocenters. The van der Waals surface area contributed by atoms with E-state index in [0.29, 0.717) is 0 Å². The molecule has 86 valence electrons. The molecular formula is C7H6Cl4O4. The smallest absolute Gasteiger partial charge is 0.350 e. The summed E-state index contributed by atoms with van der Waals surface area (Å²) in [5.74, 6) is -2.02. The van der Waals surface area contributed by atoms with Crippen molar-refractivity contribution in [1.29, 1.82) is 0 Å². The Morgan fingerprint density at radius 2 is 1.53 bits per heavy atom. The molecular weight excluding hydrogens is 290 g/mol. The van der Waals surface area contributed by atoms with Crippen molar-refractivity contribution < 1.29 is 19.1 Å². The summed E-state index contributed by atoms with van der Waals surface area (Å²) in [6.07, 6.45) is 0. The number of esters is 2. The molecule has 0 fully saturated rings. The van der Waals surface area contributed by atoms with E-state index < -0.39 is 26.3 Å². The average molecular weight is 296 g/mol. The van der Waals surface area contributed by atoms with E-state index in [2.05, 4.69) is 9.47 Å². The topological polar surface area (TPSA) is 52.6 Å². The van der Waals surface area contributed by atoms with E-state index in [1.54, 1.807) is 0 Å². The fourth-order valence-electron chi connectivity index (χ4n) is 0.535. The van der Waals surface area contributed by atoms with Crippen LogP contribution in [0.15, 0.2) is 10.1 Å². The van der Waals surface area contributed by atoms with Crippen LogP contribution in [0.5, 0.6) is 0 Å². The molecule has 0 atom stereocenters. The van der Waals surface area contributed by atoms with E-state index in [9.17, 15) is 9.59 Å². The highest BCUT2D eigenvalue weighted by molar-refractivity contribution is 6.66. The molecule has 0 amide bonds. The first-order valence-corrected chi connectivity index (χ1v) is 4.90. The number of carbonyl (C=O) groups is 2. The second-order valence-corrected chi connectivity index (χ2v) is 4.27. The third kappa shape index (κ3) is 3.41. The maximum Gasteiger partial charge on any atom is 0.350 e. The van der Waals surface area contributed by atoms with Gasteiger partial charge in [-0.3, -0.25) is 0 Å². The number of hydrogen-bond donors (Lipinski definition) is 0. The van der Waals surface area contributed by atoms with Gasteiger partial charge in [-0.1, -0.05) is 46.4 Å². The number of hydrogen-bond acceptors (Lipinski definition) is 4. The van der Waals surface area contributed by atoms with Crippen LogP contribution >= 0.6 is 46.4 Å². The van der Waals surface area contributed by atoms with Crippen LogP contribution in [0.25, 0.3) is 0 Å². The maximum atomic E-state index is 11.1. The Morgan fingerprint density at radius 3 is 1.87 bits per heavy atom. The zero-order chi connectivity index (χ0) is 12.2. The summed E-state index contributed by atoms with van der Waals surface area (Å²) < 4.78 is 6.29. The summed E-state index contributed by atoms with van der Waals surface area (Å²) in [6.45, 7) is 0. The lowest BCUT2D eigenvalue weighted by Crippen LogP contribution is -2.29. The zero-order valence-electron chi connectivity index (χ0n) is 7.64. The van der Waals surface area contributed by atoms with Crippen LogP contribution in [-0.2, 0) is 19.1 Å². The van der Waals surface area contributed by atoms with Gasteiger partial charge >= 0.3 is 11.9 Å². The van der Waals surface area contributed by atoms with Gasteiger partial charge in [0.05, 0.1) is 19.3 Å². The number of rotatable bonds is 3. The SMILES string of the molecule is COC(=O)/C(Cl)=C(\Cl)C(Cl)(Cl)C(=O)OC. The predicted octanol–water partition coefficient (Wildman–Crippen LogP) is 2.20. The molecule has 0 aliphatic carbocycles. The molecule has 0 saturated heterocycles. The van der Waals surface area contributed by atoms with Gasteiger partial charge in [-0.2, -0.15) is 0 Å². The molecule has 0 aliphatic rings. The van der Waals surface area contributed by atoms with Crippen molar-refractivity contribution in [2.75, 3.05) is 14.2 Å². The van der Waals surface area contributed by atoms with Crippen LogP contribution in [0.1, 0.15) is 0 Å². The highest BCUT2D eigenvalue weighted by Crippen LogP contribution is 2.37. The van der Waals surface area contributed by atoms with Crippen molar-refractivity contribution in [2.45, 2.75) is 4.33 Å². The number of ether oxygens (including phenoxy) is 2. The second-order valence-electron chi connectivity index (χ2n) is 2.19. The van der Waals surface area contributed by atoms with Crippen molar-refractivity contribution in [1.82, 2.24) is 0 Å². The minimum absolute atomic E-state index is 0.578. The van der Waals surface area contributed by atoms with Crippen LogP contribution in [0.4, 0.5) is 0 Å². The summed E-state index contributed by atoms with van der Waals surface area (Å²) in [7, 11) is 2.13. The number of methoxy groups -OCH3 is 2. The van der Waals surface area contributed by atoms with Crippen molar-refractivity contribution in [3.63, 3.8) is 0 Å². The van der Waals surface area contributed by atoms with Gasteiger partial charge < -0.3 is 9.47 Å². The molecule has 0 heterocycles. The number of alkyl halides is 2. The van der Waals surface area contributed by atoms with Gasteiger partial charge in [0.1, 0.15) is 5.03 Å². The molecule has 0 bridgehead atoms. The molecule has 0 rings (SSSR count). The average Bonchev–Trinajstić information content (AvgIpc) is 2.24. The summed E-state index contributed by atoms with van der Waals surface area (Å²) >= 11 is 22.1. The molecule has 4 nitrogen and oxygen atoms in total. The molecule has 0 aromatic carbocycles. The van der Waals surface area contributed by atoms with Crippen molar-refractivity contribution in [2.24, 2.45) is 0 Å². The molecule has 0 aliphatic heterocycles. The largest absolute Gasteiger partial charge is 0.467 e. The lowest BCUT2D eigenvalue weighted by atomic mass is 10.3. The molecule has 0 spiro atoms. The highest BCUT2D eigenvalue weighted by atomic mass is 35.5. The molecule has 0 saturated carbocycles. The van der Waals surface area contributed by atoms with Gasteiger partial charge in [0.15, 0.2) is 0 Å². The standard InChI is InChI=1S/C7H6Cl4O4/c1-14-5(12)3(8)4(9)7(10,11)6(13)15-2/h1-2H3/b4-3+. The fourth-order valence-corrected chi connectivity index (χ4v) is 1.35. The summed E-state index contributed by atoms with van der Waals surface area (Å²) in [4.78, 5) is 22.0. The van der Waals surface area contributed by atoms with Crippen LogP contribution in [-0.4, -0.2) is 30.5 Å². The highest BCUT2D eigenvalue weighted by Gasteiger charge is 2.41. The molecule has 0 N–H and O–H groups in total. The first-order valence-electron chi connectivity index (χ1n) is 3.39. The lowest BCUT2D eigenvalue weighted by Gasteiger charge is -2.16. The third-order valence-electron chi connectivity index (χ3n) is 1.27. The molecule has 0 aromatic rings. The number of carbonyl (C=O) groups excluding carboxylic acids is 2. The van der Waals surface area contributed by atoms with Gasteiger partial charge in [-0.25, -0.2) is 9.59 Å². The van der Waals surface area contributed by atoms with E-state index in [0.717, 1.165) is 14.2 Å².